The Hall–Kier alpha value is -2.81. The zero-order valence-electron chi connectivity index (χ0n) is 18.8. The molecule has 0 aliphatic carbocycles. The van der Waals surface area contributed by atoms with Crippen molar-refractivity contribution in [2.75, 3.05) is 74.1 Å². The summed E-state index contributed by atoms with van der Waals surface area (Å²) in [6, 6.07) is 10.1. The number of hydrogen-bond donors (Lipinski definition) is 2. The number of piperazine rings is 1. The predicted molar refractivity (Wildman–Crippen MR) is 134 cm³/mol. The summed E-state index contributed by atoms with van der Waals surface area (Å²) in [6.45, 7) is 10.3. The lowest BCUT2D eigenvalue weighted by molar-refractivity contribution is 0.122. The van der Waals surface area contributed by atoms with E-state index in [0.29, 0.717) is 21.6 Å². The summed E-state index contributed by atoms with van der Waals surface area (Å²) >= 11 is 6.50. The van der Waals surface area contributed by atoms with Crippen molar-refractivity contribution in [2.45, 2.75) is 6.92 Å². The van der Waals surface area contributed by atoms with Crippen molar-refractivity contribution in [3.63, 3.8) is 0 Å². The first kappa shape index (κ1) is 22.0. The van der Waals surface area contributed by atoms with E-state index in [0.717, 1.165) is 76.2 Å². The summed E-state index contributed by atoms with van der Waals surface area (Å²) < 4.78 is 5.45. The van der Waals surface area contributed by atoms with Crippen LogP contribution in [0.15, 0.2) is 41.3 Å². The zero-order chi connectivity index (χ0) is 22.8. The van der Waals surface area contributed by atoms with Gasteiger partial charge in [-0.3, -0.25) is 4.79 Å². The molecule has 8 nitrogen and oxygen atoms in total. The topological polar surface area (TPSA) is 76.7 Å². The van der Waals surface area contributed by atoms with E-state index in [9.17, 15) is 4.79 Å². The van der Waals surface area contributed by atoms with E-state index in [1.165, 1.54) is 0 Å². The number of benzene rings is 1. The molecule has 2 aliphatic heterocycles. The van der Waals surface area contributed by atoms with Gasteiger partial charge in [0.25, 0.3) is 5.56 Å². The number of H-pyrrole nitrogens is 1. The van der Waals surface area contributed by atoms with Gasteiger partial charge in [-0.1, -0.05) is 18.5 Å². The minimum Gasteiger partial charge on any atom is -0.378 e. The van der Waals surface area contributed by atoms with Gasteiger partial charge in [-0.25, -0.2) is 4.98 Å². The van der Waals surface area contributed by atoms with Gasteiger partial charge in [0.2, 0.25) is 0 Å². The molecule has 33 heavy (non-hydrogen) atoms. The summed E-state index contributed by atoms with van der Waals surface area (Å²) in [7, 11) is 0. The SMILES string of the molecule is CCN1CCN(c2cc3c(Cl)c[nH]c(=O)c3c(Nc3ccc(N4CCOCC4)cc3)n2)CC1. The third-order valence-electron chi connectivity index (χ3n) is 6.47. The highest BCUT2D eigenvalue weighted by atomic mass is 35.5. The molecule has 174 valence electrons. The molecule has 0 saturated carbocycles. The van der Waals surface area contributed by atoms with Crippen LogP contribution in [-0.4, -0.2) is 73.9 Å². The number of likely N-dealkylation sites (N-methyl/N-ethyl adjacent to an activating group) is 1. The highest BCUT2D eigenvalue weighted by molar-refractivity contribution is 6.35. The number of anilines is 4. The van der Waals surface area contributed by atoms with Crippen molar-refractivity contribution in [3.8, 4) is 0 Å². The summed E-state index contributed by atoms with van der Waals surface area (Å²) in [5.74, 6) is 1.35. The molecule has 0 amide bonds. The highest BCUT2D eigenvalue weighted by Crippen LogP contribution is 2.31. The lowest BCUT2D eigenvalue weighted by Crippen LogP contribution is -2.46. The van der Waals surface area contributed by atoms with E-state index in [2.05, 4.69) is 44.1 Å². The molecule has 5 rings (SSSR count). The Labute approximate surface area is 198 Å². The predicted octanol–water partition coefficient (Wildman–Crippen LogP) is 3.30. The van der Waals surface area contributed by atoms with Crippen LogP contribution in [0.1, 0.15) is 6.92 Å². The number of aromatic nitrogens is 2. The van der Waals surface area contributed by atoms with Gasteiger partial charge in [0.05, 0.1) is 23.6 Å². The van der Waals surface area contributed by atoms with Crippen LogP contribution in [0.5, 0.6) is 0 Å². The van der Waals surface area contributed by atoms with Crippen LogP contribution >= 0.6 is 11.6 Å². The maximum Gasteiger partial charge on any atom is 0.259 e. The number of halogens is 1. The van der Waals surface area contributed by atoms with Gasteiger partial charge in [-0.05, 0) is 36.9 Å². The van der Waals surface area contributed by atoms with Crippen molar-refractivity contribution in [1.82, 2.24) is 14.9 Å². The maximum absolute atomic E-state index is 12.7. The van der Waals surface area contributed by atoms with Gasteiger partial charge >= 0.3 is 0 Å². The molecule has 0 spiro atoms. The van der Waals surface area contributed by atoms with Gasteiger partial charge in [-0.15, -0.1) is 0 Å². The highest BCUT2D eigenvalue weighted by Gasteiger charge is 2.20. The molecule has 9 heteroatoms. The molecule has 0 unspecified atom stereocenters. The van der Waals surface area contributed by atoms with Crippen LogP contribution in [0.25, 0.3) is 10.8 Å². The van der Waals surface area contributed by atoms with Crippen LogP contribution < -0.4 is 20.7 Å². The lowest BCUT2D eigenvalue weighted by Gasteiger charge is -2.35. The minimum atomic E-state index is -0.211. The Bertz CT molecular complexity index is 1170. The number of ether oxygens (including phenoxy) is 1. The summed E-state index contributed by atoms with van der Waals surface area (Å²) in [5.41, 5.74) is 1.81. The first-order valence-corrected chi connectivity index (χ1v) is 11.9. The van der Waals surface area contributed by atoms with Gasteiger partial charge < -0.3 is 29.7 Å². The first-order chi connectivity index (χ1) is 16.1. The van der Waals surface area contributed by atoms with E-state index in [1.54, 1.807) is 6.20 Å². The monoisotopic (exact) mass is 468 g/mol. The van der Waals surface area contributed by atoms with Crippen LogP contribution in [0.3, 0.4) is 0 Å². The number of aromatic amines is 1. The molecular formula is C24H29ClN6O2. The average molecular weight is 469 g/mol. The number of pyridine rings is 2. The fourth-order valence-corrected chi connectivity index (χ4v) is 4.69. The number of rotatable bonds is 5. The van der Waals surface area contributed by atoms with E-state index in [4.69, 9.17) is 21.3 Å². The largest absolute Gasteiger partial charge is 0.378 e. The third-order valence-corrected chi connectivity index (χ3v) is 6.78. The van der Waals surface area contributed by atoms with Crippen molar-refractivity contribution in [3.05, 3.63) is 51.9 Å². The molecule has 2 fully saturated rings. The summed E-state index contributed by atoms with van der Waals surface area (Å²) in [4.78, 5) is 27.3. The molecule has 2 N–H and O–H groups in total. The van der Waals surface area contributed by atoms with Gasteiger partial charge in [0, 0.05) is 62.2 Å². The Morgan fingerprint density at radius 2 is 1.79 bits per heavy atom. The summed E-state index contributed by atoms with van der Waals surface area (Å²) in [5, 5.41) is 5.05. The quantitative estimate of drug-likeness (QED) is 0.595. The number of fused-ring (bicyclic) bond motifs is 1. The molecule has 3 aromatic rings. The molecular weight excluding hydrogens is 440 g/mol. The fraction of sp³-hybridized carbons (Fsp3) is 0.417. The molecule has 1 aromatic carbocycles. The average Bonchev–Trinajstić information content (AvgIpc) is 2.87. The van der Waals surface area contributed by atoms with Crippen LogP contribution in [0.4, 0.5) is 23.0 Å². The van der Waals surface area contributed by atoms with Crippen LogP contribution in [0, 0.1) is 0 Å². The standard InChI is InChI=1S/C24H29ClN6O2/c1-2-29-7-9-31(10-8-29)21-15-19-20(25)16-26-24(32)22(19)23(28-21)27-17-3-5-18(6-4-17)30-11-13-33-14-12-30/h3-6,15-16H,2,7-14H2,1H3,(H,26,32)(H,27,28). The Kier molecular flexibility index (Phi) is 6.39. The second-order valence-electron chi connectivity index (χ2n) is 8.41. The molecule has 4 heterocycles. The van der Waals surface area contributed by atoms with Crippen molar-refractivity contribution in [1.29, 1.82) is 0 Å². The Morgan fingerprint density at radius 3 is 2.48 bits per heavy atom. The molecule has 2 saturated heterocycles. The molecule has 0 bridgehead atoms. The molecule has 2 aromatic heterocycles. The van der Waals surface area contributed by atoms with Crippen molar-refractivity contribution in [2.24, 2.45) is 0 Å². The number of nitrogens with one attached hydrogen (secondary N) is 2. The van der Waals surface area contributed by atoms with E-state index < -0.39 is 0 Å². The van der Waals surface area contributed by atoms with E-state index in [-0.39, 0.29) is 5.56 Å². The Balaban J connectivity index is 1.47. The second kappa shape index (κ2) is 9.59. The van der Waals surface area contributed by atoms with Gasteiger partial charge in [0.1, 0.15) is 11.6 Å². The normalized spacial score (nSPS) is 17.5. The number of morpholine rings is 1. The van der Waals surface area contributed by atoms with Crippen LogP contribution in [0.2, 0.25) is 5.02 Å². The lowest BCUT2D eigenvalue weighted by atomic mass is 10.1. The summed E-state index contributed by atoms with van der Waals surface area (Å²) in [6.07, 6.45) is 1.55. The minimum absolute atomic E-state index is 0.211. The van der Waals surface area contributed by atoms with Crippen molar-refractivity contribution >= 4 is 45.4 Å². The van der Waals surface area contributed by atoms with E-state index in [1.807, 2.05) is 18.2 Å². The second-order valence-corrected chi connectivity index (χ2v) is 8.82. The van der Waals surface area contributed by atoms with Crippen molar-refractivity contribution < 1.29 is 4.74 Å². The molecule has 0 radical (unpaired) electrons. The molecule has 0 atom stereocenters. The smallest absolute Gasteiger partial charge is 0.259 e. The maximum atomic E-state index is 12.7. The third kappa shape index (κ3) is 4.64. The van der Waals surface area contributed by atoms with Gasteiger partial charge in [0.15, 0.2) is 0 Å². The number of nitrogens with zero attached hydrogens (tertiary/aromatic N) is 4. The van der Waals surface area contributed by atoms with Crippen LogP contribution in [-0.2, 0) is 4.74 Å². The van der Waals surface area contributed by atoms with E-state index >= 15 is 0 Å². The Morgan fingerprint density at radius 1 is 1.06 bits per heavy atom. The van der Waals surface area contributed by atoms with Gasteiger partial charge in [-0.2, -0.15) is 0 Å². The molecule has 2 aliphatic rings. The zero-order valence-corrected chi connectivity index (χ0v) is 19.6. The fourth-order valence-electron chi connectivity index (χ4n) is 4.49. The first-order valence-electron chi connectivity index (χ1n) is 11.5. The number of hydrogen-bond acceptors (Lipinski definition) is 7.